The number of nitrogens with zero attached hydrogens (tertiary/aromatic N) is 4. The number of halogens is 1. The van der Waals surface area contributed by atoms with Crippen molar-refractivity contribution >= 4 is 24.2 Å². The van der Waals surface area contributed by atoms with Gasteiger partial charge in [-0.3, -0.25) is 0 Å². The average molecular weight is 298 g/mol. The smallest absolute Gasteiger partial charge is 0.214 e. The van der Waals surface area contributed by atoms with Gasteiger partial charge in [-0.1, -0.05) is 30.0 Å². The van der Waals surface area contributed by atoms with E-state index in [2.05, 4.69) is 20.8 Å². The van der Waals surface area contributed by atoms with Crippen molar-refractivity contribution in [3.63, 3.8) is 0 Å². The van der Waals surface area contributed by atoms with Crippen molar-refractivity contribution in [2.45, 2.75) is 23.2 Å². The van der Waals surface area contributed by atoms with Gasteiger partial charge < -0.3 is 5.32 Å². The van der Waals surface area contributed by atoms with Gasteiger partial charge >= 0.3 is 0 Å². The molecule has 1 fully saturated rings. The molecule has 0 spiro atoms. The van der Waals surface area contributed by atoms with E-state index >= 15 is 0 Å². The van der Waals surface area contributed by atoms with Gasteiger partial charge in [-0.05, 0) is 48.5 Å². The SMILES string of the molecule is Cl.c1ccc(-n2nnnc2SC2CCNCC2)cc1. The Morgan fingerprint density at radius 2 is 1.89 bits per heavy atom. The van der Waals surface area contributed by atoms with Crippen LogP contribution < -0.4 is 5.32 Å². The molecule has 0 unspecified atom stereocenters. The zero-order valence-corrected chi connectivity index (χ0v) is 12.0. The van der Waals surface area contributed by atoms with E-state index in [1.807, 2.05) is 35.0 Å². The number of para-hydroxylation sites is 1. The van der Waals surface area contributed by atoms with E-state index in [1.165, 1.54) is 12.8 Å². The third-order valence-corrected chi connectivity index (χ3v) is 4.27. The van der Waals surface area contributed by atoms with Crippen LogP contribution in [-0.4, -0.2) is 38.5 Å². The van der Waals surface area contributed by atoms with Crippen molar-refractivity contribution in [2.24, 2.45) is 0 Å². The van der Waals surface area contributed by atoms with Crippen LogP contribution in [0.5, 0.6) is 0 Å². The van der Waals surface area contributed by atoms with Gasteiger partial charge in [-0.2, -0.15) is 4.68 Å². The van der Waals surface area contributed by atoms with Crippen LogP contribution in [0.1, 0.15) is 12.8 Å². The maximum absolute atomic E-state index is 4.13. The molecule has 1 aliphatic heterocycles. The van der Waals surface area contributed by atoms with Crippen molar-refractivity contribution < 1.29 is 0 Å². The van der Waals surface area contributed by atoms with E-state index < -0.39 is 0 Å². The quantitative estimate of drug-likeness (QED) is 0.938. The first-order valence-corrected chi connectivity index (χ1v) is 7.02. The molecule has 0 aliphatic carbocycles. The number of piperidine rings is 1. The van der Waals surface area contributed by atoms with Crippen LogP contribution in [-0.2, 0) is 0 Å². The molecule has 2 heterocycles. The second-order valence-electron chi connectivity index (χ2n) is 4.28. The number of tetrazole rings is 1. The molecule has 0 amide bonds. The van der Waals surface area contributed by atoms with Crippen molar-refractivity contribution in [3.8, 4) is 5.69 Å². The van der Waals surface area contributed by atoms with Crippen LogP contribution in [0.3, 0.4) is 0 Å². The summed E-state index contributed by atoms with van der Waals surface area (Å²) in [5.41, 5.74) is 1.01. The summed E-state index contributed by atoms with van der Waals surface area (Å²) in [4.78, 5) is 0. The van der Waals surface area contributed by atoms with Gasteiger partial charge in [-0.15, -0.1) is 17.5 Å². The second-order valence-corrected chi connectivity index (χ2v) is 5.54. The predicted octanol–water partition coefficient (Wildman–Crippen LogP) is 1.93. The van der Waals surface area contributed by atoms with Crippen LogP contribution in [0.15, 0.2) is 35.5 Å². The maximum Gasteiger partial charge on any atom is 0.214 e. The molecule has 102 valence electrons. The lowest BCUT2D eigenvalue weighted by Gasteiger charge is -2.21. The first-order valence-electron chi connectivity index (χ1n) is 6.14. The summed E-state index contributed by atoms with van der Waals surface area (Å²) >= 11 is 1.78. The summed E-state index contributed by atoms with van der Waals surface area (Å²) in [6.45, 7) is 2.18. The van der Waals surface area contributed by atoms with Gasteiger partial charge in [0, 0.05) is 5.25 Å². The fraction of sp³-hybridized carbons (Fsp3) is 0.417. The molecule has 0 atom stereocenters. The van der Waals surface area contributed by atoms with Gasteiger partial charge in [0.15, 0.2) is 0 Å². The molecule has 3 rings (SSSR count). The number of hydrogen-bond donors (Lipinski definition) is 1. The summed E-state index contributed by atoms with van der Waals surface area (Å²) in [5, 5.41) is 16.9. The number of thioether (sulfide) groups is 1. The zero-order chi connectivity index (χ0) is 12.2. The molecule has 1 aromatic carbocycles. The third kappa shape index (κ3) is 3.46. The number of benzene rings is 1. The van der Waals surface area contributed by atoms with E-state index in [1.54, 1.807) is 11.8 Å². The van der Waals surface area contributed by atoms with E-state index in [9.17, 15) is 0 Å². The minimum atomic E-state index is 0. The normalized spacial score (nSPS) is 16.0. The Kier molecular flexibility index (Phi) is 5.18. The minimum Gasteiger partial charge on any atom is -0.317 e. The molecule has 1 aromatic heterocycles. The summed E-state index contributed by atoms with van der Waals surface area (Å²) in [5.74, 6) is 0. The Morgan fingerprint density at radius 3 is 2.63 bits per heavy atom. The summed E-state index contributed by atoms with van der Waals surface area (Å²) in [7, 11) is 0. The highest BCUT2D eigenvalue weighted by molar-refractivity contribution is 7.99. The van der Waals surface area contributed by atoms with Gasteiger partial charge in [0.1, 0.15) is 0 Å². The molecule has 0 saturated carbocycles. The topological polar surface area (TPSA) is 55.6 Å². The summed E-state index contributed by atoms with van der Waals surface area (Å²) in [6, 6.07) is 10.0. The van der Waals surface area contributed by atoms with E-state index in [-0.39, 0.29) is 12.4 Å². The summed E-state index contributed by atoms with van der Waals surface area (Å²) < 4.78 is 1.81. The molecule has 1 saturated heterocycles. The molecule has 7 heteroatoms. The van der Waals surface area contributed by atoms with Crippen LogP contribution in [0, 0.1) is 0 Å². The Morgan fingerprint density at radius 1 is 1.16 bits per heavy atom. The van der Waals surface area contributed by atoms with Gasteiger partial charge in [0.2, 0.25) is 5.16 Å². The molecular weight excluding hydrogens is 282 g/mol. The Balaban J connectivity index is 0.00000133. The second kappa shape index (κ2) is 6.88. The lowest BCUT2D eigenvalue weighted by molar-refractivity contribution is 0.530. The van der Waals surface area contributed by atoms with Crippen molar-refractivity contribution in [1.29, 1.82) is 0 Å². The molecule has 0 radical (unpaired) electrons. The third-order valence-electron chi connectivity index (χ3n) is 3.00. The Hall–Kier alpha value is -1.11. The Bertz CT molecular complexity index is 498. The monoisotopic (exact) mass is 297 g/mol. The number of nitrogens with one attached hydrogen (secondary N) is 1. The predicted molar refractivity (Wildman–Crippen MR) is 78.2 cm³/mol. The lowest BCUT2D eigenvalue weighted by atomic mass is 10.2. The average Bonchev–Trinajstić information content (AvgIpc) is 2.89. The molecular formula is C12H16ClN5S. The molecule has 0 bridgehead atoms. The zero-order valence-electron chi connectivity index (χ0n) is 10.4. The van der Waals surface area contributed by atoms with Crippen LogP contribution in [0.2, 0.25) is 0 Å². The van der Waals surface area contributed by atoms with Crippen molar-refractivity contribution in [2.75, 3.05) is 13.1 Å². The van der Waals surface area contributed by atoms with Gasteiger partial charge in [-0.25, -0.2) is 0 Å². The Labute approximate surface area is 122 Å². The first kappa shape index (κ1) is 14.3. The highest BCUT2D eigenvalue weighted by atomic mass is 35.5. The number of hydrogen-bond acceptors (Lipinski definition) is 5. The molecule has 1 aliphatic rings. The van der Waals surface area contributed by atoms with Crippen molar-refractivity contribution in [3.05, 3.63) is 30.3 Å². The molecule has 19 heavy (non-hydrogen) atoms. The van der Waals surface area contributed by atoms with Gasteiger partial charge in [0.05, 0.1) is 5.69 Å². The van der Waals surface area contributed by atoms with Crippen LogP contribution in [0.4, 0.5) is 0 Å². The van der Waals surface area contributed by atoms with Crippen LogP contribution >= 0.6 is 24.2 Å². The highest BCUT2D eigenvalue weighted by Gasteiger charge is 2.18. The number of rotatable bonds is 3. The molecule has 5 nitrogen and oxygen atoms in total. The molecule has 1 N–H and O–H groups in total. The van der Waals surface area contributed by atoms with E-state index in [0.717, 1.165) is 23.9 Å². The lowest BCUT2D eigenvalue weighted by Crippen LogP contribution is -2.29. The van der Waals surface area contributed by atoms with Crippen molar-refractivity contribution in [1.82, 2.24) is 25.5 Å². The van der Waals surface area contributed by atoms with E-state index in [0.29, 0.717) is 5.25 Å². The van der Waals surface area contributed by atoms with E-state index in [4.69, 9.17) is 0 Å². The minimum absolute atomic E-state index is 0. The maximum atomic E-state index is 4.13. The largest absolute Gasteiger partial charge is 0.317 e. The standard InChI is InChI=1S/C12H15N5S.ClH/c1-2-4-10(5-3-1)17-12(14-15-16-17)18-11-6-8-13-9-7-11;/h1-5,11,13H,6-9H2;1H. The summed E-state index contributed by atoms with van der Waals surface area (Å²) in [6.07, 6.45) is 2.35. The fourth-order valence-corrected chi connectivity index (χ4v) is 3.14. The first-order chi connectivity index (χ1) is 8.93. The molecule has 2 aromatic rings. The van der Waals surface area contributed by atoms with Crippen LogP contribution in [0.25, 0.3) is 5.69 Å². The fourth-order valence-electron chi connectivity index (χ4n) is 2.05. The highest BCUT2D eigenvalue weighted by Crippen LogP contribution is 2.27. The van der Waals surface area contributed by atoms with Gasteiger partial charge in [0.25, 0.3) is 0 Å². The number of aromatic nitrogens is 4.